The smallest absolute Gasteiger partial charge is 0.0451 e. The fourth-order valence-electron chi connectivity index (χ4n) is 1.23. The number of hydrogen-bond donors (Lipinski definition) is 1. The first-order valence-corrected chi connectivity index (χ1v) is 5.16. The van der Waals surface area contributed by atoms with Gasteiger partial charge in [-0.25, -0.2) is 0 Å². The zero-order valence-electron chi connectivity index (χ0n) is 8.70. The Bertz CT molecular complexity index is 288. The molecule has 0 aromatic heterocycles. The van der Waals surface area contributed by atoms with E-state index in [1.807, 2.05) is 24.3 Å². The molecule has 1 rings (SSSR count). The molecule has 0 bridgehead atoms. The molecule has 0 amide bonds. The summed E-state index contributed by atoms with van der Waals surface area (Å²) in [7, 11) is 2.06. The Balaban J connectivity index is 2.64. The summed E-state index contributed by atoms with van der Waals surface area (Å²) >= 11 is 6.06. The Labute approximate surface area is 90.7 Å². The Hall–Kier alpha value is -0.570. The summed E-state index contributed by atoms with van der Waals surface area (Å²) in [6.45, 7) is 3.62. The molecule has 14 heavy (non-hydrogen) atoms. The number of benzene rings is 1. The quantitative estimate of drug-likeness (QED) is 0.829. The average molecular weight is 213 g/mol. The van der Waals surface area contributed by atoms with Crippen LogP contribution in [-0.2, 0) is 6.54 Å². The van der Waals surface area contributed by atoms with Gasteiger partial charge in [0.25, 0.3) is 0 Å². The SMILES string of the molecule is CC(CN)N(C)Cc1ccccc1Cl. The first-order chi connectivity index (χ1) is 6.65. The summed E-state index contributed by atoms with van der Waals surface area (Å²) in [6, 6.07) is 8.28. The van der Waals surface area contributed by atoms with Crippen LogP contribution in [-0.4, -0.2) is 24.5 Å². The number of hydrogen-bond acceptors (Lipinski definition) is 2. The van der Waals surface area contributed by atoms with Crippen molar-refractivity contribution in [2.24, 2.45) is 5.73 Å². The van der Waals surface area contributed by atoms with Crippen molar-refractivity contribution >= 4 is 11.6 Å². The first-order valence-electron chi connectivity index (χ1n) is 4.79. The monoisotopic (exact) mass is 212 g/mol. The number of halogens is 1. The van der Waals surface area contributed by atoms with E-state index in [2.05, 4.69) is 18.9 Å². The Morgan fingerprint density at radius 3 is 2.64 bits per heavy atom. The van der Waals surface area contributed by atoms with Crippen molar-refractivity contribution in [1.82, 2.24) is 4.90 Å². The van der Waals surface area contributed by atoms with Gasteiger partial charge in [-0.05, 0) is 25.6 Å². The molecule has 1 aromatic rings. The second kappa shape index (κ2) is 5.35. The van der Waals surface area contributed by atoms with Crippen LogP contribution in [0, 0.1) is 0 Å². The van der Waals surface area contributed by atoms with Crippen LogP contribution in [0.25, 0.3) is 0 Å². The molecule has 2 N–H and O–H groups in total. The highest BCUT2D eigenvalue weighted by atomic mass is 35.5. The van der Waals surface area contributed by atoms with Crippen LogP contribution in [0.3, 0.4) is 0 Å². The predicted octanol–water partition coefficient (Wildman–Crippen LogP) is 2.12. The van der Waals surface area contributed by atoms with Crippen LogP contribution in [0.1, 0.15) is 12.5 Å². The number of likely N-dealkylation sites (N-methyl/N-ethyl adjacent to an activating group) is 1. The van der Waals surface area contributed by atoms with Gasteiger partial charge in [0.1, 0.15) is 0 Å². The number of nitrogens with zero attached hydrogens (tertiary/aromatic N) is 1. The zero-order valence-corrected chi connectivity index (χ0v) is 9.46. The first kappa shape index (κ1) is 11.5. The van der Waals surface area contributed by atoms with Gasteiger partial charge in [0.15, 0.2) is 0 Å². The van der Waals surface area contributed by atoms with Crippen molar-refractivity contribution in [1.29, 1.82) is 0 Å². The van der Waals surface area contributed by atoms with Crippen LogP contribution in [0.15, 0.2) is 24.3 Å². The van der Waals surface area contributed by atoms with Gasteiger partial charge in [-0.2, -0.15) is 0 Å². The van der Waals surface area contributed by atoms with Crippen molar-refractivity contribution < 1.29 is 0 Å². The van der Waals surface area contributed by atoms with E-state index in [-0.39, 0.29) is 0 Å². The molecule has 78 valence electrons. The molecule has 0 heterocycles. The molecule has 0 aliphatic carbocycles. The Kier molecular flexibility index (Phi) is 4.39. The topological polar surface area (TPSA) is 29.3 Å². The fraction of sp³-hybridized carbons (Fsp3) is 0.455. The molecule has 0 saturated heterocycles. The van der Waals surface area contributed by atoms with Crippen LogP contribution in [0.2, 0.25) is 5.02 Å². The third-order valence-corrected chi connectivity index (χ3v) is 2.84. The van der Waals surface area contributed by atoms with Gasteiger partial charge in [-0.3, -0.25) is 4.90 Å². The third-order valence-electron chi connectivity index (χ3n) is 2.47. The molecule has 1 unspecified atom stereocenters. The van der Waals surface area contributed by atoms with Gasteiger partial charge in [-0.15, -0.1) is 0 Å². The van der Waals surface area contributed by atoms with Gasteiger partial charge in [0.05, 0.1) is 0 Å². The van der Waals surface area contributed by atoms with E-state index in [1.54, 1.807) is 0 Å². The van der Waals surface area contributed by atoms with Gasteiger partial charge >= 0.3 is 0 Å². The minimum Gasteiger partial charge on any atom is -0.329 e. The summed E-state index contributed by atoms with van der Waals surface area (Å²) < 4.78 is 0. The van der Waals surface area contributed by atoms with Crippen molar-refractivity contribution in [2.45, 2.75) is 19.5 Å². The van der Waals surface area contributed by atoms with Crippen LogP contribution in [0.5, 0.6) is 0 Å². The lowest BCUT2D eigenvalue weighted by Gasteiger charge is -2.23. The lowest BCUT2D eigenvalue weighted by molar-refractivity contribution is 0.255. The summed E-state index contributed by atoms with van der Waals surface area (Å²) in [6.07, 6.45) is 0. The molecule has 1 atom stereocenters. The summed E-state index contributed by atoms with van der Waals surface area (Å²) in [5.74, 6) is 0. The maximum absolute atomic E-state index is 6.06. The molecule has 0 aliphatic rings. The standard InChI is InChI=1S/C11H17ClN2/c1-9(7-13)14(2)8-10-5-3-4-6-11(10)12/h3-6,9H,7-8,13H2,1-2H3. The highest BCUT2D eigenvalue weighted by Gasteiger charge is 2.08. The van der Waals surface area contributed by atoms with Crippen LogP contribution >= 0.6 is 11.6 Å². The highest BCUT2D eigenvalue weighted by Crippen LogP contribution is 2.16. The molecule has 0 spiro atoms. The van der Waals surface area contributed by atoms with E-state index in [4.69, 9.17) is 17.3 Å². The van der Waals surface area contributed by atoms with E-state index in [9.17, 15) is 0 Å². The molecular weight excluding hydrogens is 196 g/mol. The molecule has 0 radical (unpaired) electrons. The summed E-state index contributed by atoms with van der Waals surface area (Å²) in [4.78, 5) is 2.20. The third kappa shape index (κ3) is 2.98. The molecule has 0 fully saturated rings. The number of rotatable bonds is 4. The highest BCUT2D eigenvalue weighted by molar-refractivity contribution is 6.31. The van der Waals surface area contributed by atoms with Gasteiger partial charge in [0.2, 0.25) is 0 Å². The van der Waals surface area contributed by atoms with Gasteiger partial charge in [0, 0.05) is 24.2 Å². The van der Waals surface area contributed by atoms with E-state index < -0.39 is 0 Å². The van der Waals surface area contributed by atoms with Crippen LogP contribution in [0.4, 0.5) is 0 Å². The van der Waals surface area contributed by atoms with Crippen molar-refractivity contribution in [3.8, 4) is 0 Å². The van der Waals surface area contributed by atoms with Crippen molar-refractivity contribution in [3.63, 3.8) is 0 Å². The van der Waals surface area contributed by atoms with E-state index in [1.165, 1.54) is 0 Å². The minimum absolute atomic E-state index is 0.381. The normalized spacial score (nSPS) is 13.2. The zero-order chi connectivity index (χ0) is 10.6. The molecule has 0 saturated carbocycles. The number of nitrogens with two attached hydrogens (primary N) is 1. The molecular formula is C11H17ClN2. The molecule has 1 aromatic carbocycles. The maximum atomic E-state index is 6.06. The molecule has 0 aliphatic heterocycles. The summed E-state index contributed by atoms with van der Waals surface area (Å²) in [5, 5.41) is 0.823. The van der Waals surface area contributed by atoms with E-state index >= 15 is 0 Å². The summed E-state index contributed by atoms with van der Waals surface area (Å²) in [5.41, 5.74) is 6.74. The Morgan fingerprint density at radius 2 is 2.07 bits per heavy atom. The maximum Gasteiger partial charge on any atom is 0.0451 e. The molecule has 2 nitrogen and oxygen atoms in total. The van der Waals surface area contributed by atoms with E-state index in [0.29, 0.717) is 12.6 Å². The molecule has 3 heteroatoms. The van der Waals surface area contributed by atoms with Crippen molar-refractivity contribution in [3.05, 3.63) is 34.9 Å². The lowest BCUT2D eigenvalue weighted by atomic mass is 10.2. The largest absolute Gasteiger partial charge is 0.329 e. The van der Waals surface area contributed by atoms with Crippen molar-refractivity contribution in [2.75, 3.05) is 13.6 Å². The van der Waals surface area contributed by atoms with E-state index in [0.717, 1.165) is 17.1 Å². The predicted molar refractivity (Wildman–Crippen MR) is 61.4 cm³/mol. The minimum atomic E-state index is 0.381. The Morgan fingerprint density at radius 1 is 1.43 bits per heavy atom. The second-order valence-corrected chi connectivity index (χ2v) is 4.00. The fourth-order valence-corrected chi connectivity index (χ4v) is 1.43. The average Bonchev–Trinajstić information content (AvgIpc) is 2.20. The van der Waals surface area contributed by atoms with Crippen LogP contribution < -0.4 is 5.73 Å². The second-order valence-electron chi connectivity index (χ2n) is 3.59. The lowest BCUT2D eigenvalue weighted by Crippen LogP contribution is -2.34. The van der Waals surface area contributed by atoms with Gasteiger partial charge < -0.3 is 5.73 Å². The van der Waals surface area contributed by atoms with Gasteiger partial charge in [-0.1, -0.05) is 29.8 Å².